The van der Waals surface area contributed by atoms with Crippen LogP contribution in [0.2, 0.25) is 5.02 Å². The Morgan fingerprint density at radius 2 is 1.97 bits per heavy atom. The maximum Gasteiger partial charge on any atom is 0.335 e. The number of nitrogens with one attached hydrogen (secondary N) is 2. The van der Waals surface area contributed by atoms with Crippen LogP contribution in [0.1, 0.15) is 33.8 Å². The Kier molecular flexibility index (Phi) is 6.44. The number of fused-ring (bicyclic) bond motifs is 1. The van der Waals surface area contributed by atoms with Crippen molar-refractivity contribution in [3.8, 4) is 11.3 Å². The summed E-state index contributed by atoms with van der Waals surface area (Å²) in [6.45, 7) is 2.27. The van der Waals surface area contributed by atoms with E-state index in [-0.39, 0.29) is 11.5 Å². The third-order valence-electron chi connectivity index (χ3n) is 5.58. The van der Waals surface area contributed by atoms with E-state index in [0.717, 1.165) is 22.0 Å². The number of halogens is 1. The molecular formula is C25H23ClN4O3. The molecule has 0 saturated carbocycles. The van der Waals surface area contributed by atoms with Gasteiger partial charge in [-0.05, 0) is 67.4 Å². The monoisotopic (exact) mass is 462 g/mol. The first-order valence-corrected chi connectivity index (χ1v) is 10.8. The molecule has 1 amide bonds. The number of aromatic carboxylic acids is 1. The van der Waals surface area contributed by atoms with Crippen LogP contribution >= 0.6 is 11.6 Å². The van der Waals surface area contributed by atoms with Crippen LogP contribution in [0, 0.1) is 6.92 Å². The highest BCUT2D eigenvalue weighted by Crippen LogP contribution is 2.30. The molecule has 0 aliphatic heterocycles. The number of nitrogens with zero attached hydrogens (tertiary/aromatic N) is 1. The van der Waals surface area contributed by atoms with Gasteiger partial charge >= 0.3 is 5.97 Å². The smallest absolute Gasteiger partial charge is 0.335 e. The standard InChI is InChI=1S/C25H23ClN4O3/c1-14-5-6-15(12-21(14)26)19(9-10-27)24(31)28-18-7-8-22-20(13-18)23(30-29-22)16-3-2-4-17(11-16)25(32)33/h2-8,11-13,19H,9-10,27H2,1H3,(H,28,31)(H,29,30)(H,32,33). The van der Waals surface area contributed by atoms with Crippen molar-refractivity contribution in [1.29, 1.82) is 0 Å². The zero-order valence-corrected chi connectivity index (χ0v) is 18.7. The first-order valence-electron chi connectivity index (χ1n) is 10.5. The van der Waals surface area contributed by atoms with Crippen LogP contribution in [-0.2, 0) is 4.79 Å². The number of rotatable bonds is 7. The predicted molar refractivity (Wildman–Crippen MR) is 130 cm³/mol. The van der Waals surface area contributed by atoms with Crippen molar-refractivity contribution in [1.82, 2.24) is 10.2 Å². The van der Waals surface area contributed by atoms with Crippen LogP contribution in [-0.4, -0.2) is 33.7 Å². The van der Waals surface area contributed by atoms with E-state index in [1.165, 1.54) is 6.07 Å². The van der Waals surface area contributed by atoms with Crippen molar-refractivity contribution in [2.75, 3.05) is 11.9 Å². The minimum absolute atomic E-state index is 0.175. The number of amides is 1. The summed E-state index contributed by atoms with van der Waals surface area (Å²) in [5, 5.41) is 21.0. The third-order valence-corrected chi connectivity index (χ3v) is 5.99. The molecule has 1 heterocycles. The van der Waals surface area contributed by atoms with Gasteiger partial charge in [-0.2, -0.15) is 5.10 Å². The van der Waals surface area contributed by atoms with Gasteiger partial charge in [0.1, 0.15) is 0 Å². The average molecular weight is 463 g/mol. The van der Waals surface area contributed by atoms with E-state index in [9.17, 15) is 14.7 Å². The van der Waals surface area contributed by atoms with E-state index in [2.05, 4.69) is 15.5 Å². The lowest BCUT2D eigenvalue weighted by molar-refractivity contribution is -0.117. The van der Waals surface area contributed by atoms with Gasteiger partial charge in [0, 0.05) is 21.7 Å². The van der Waals surface area contributed by atoms with Gasteiger partial charge in [-0.25, -0.2) is 4.79 Å². The summed E-state index contributed by atoms with van der Waals surface area (Å²) >= 11 is 6.27. The molecule has 0 fully saturated rings. The second-order valence-corrected chi connectivity index (χ2v) is 8.25. The van der Waals surface area contributed by atoms with Crippen molar-refractivity contribution >= 4 is 40.1 Å². The molecule has 8 heteroatoms. The van der Waals surface area contributed by atoms with E-state index in [0.29, 0.717) is 34.9 Å². The molecule has 7 nitrogen and oxygen atoms in total. The number of carbonyl (C=O) groups is 2. The molecule has 0 aliphatic carbocycles. The van der Waals surface area contributed by atoms with E-state index >= 15 is 0 Å². The highest BCUT2D eigenvalue weighted by molar-refractivity contribution is 6.31. The number of hydrogen-bond donors (Lipinski definition) is 4. The number of H-pyrrole nitrogens is 1. The van der Waals surface area contributed by atoms with Crippen LogP contribution in [0.5, 0.6) is 0 Å². The molecular weight excluding hydrogens is 440 g/mol. The van der Waals surface area contributed by atoms with Crippen molar-refractivity contribution < 1.29 is 14.7 Å². The van der Waals surface area contributed by atoms with Crippen LogP contribution in [0.3, 0.4) is 0 Å². The van der Waals surface area contributed by atoms with Crippen LogP contribution in [0.15, 0.2) is 60.7 Å². The van der Waals surface area contributed by atoms with E-state index in [1.807, 2.05) is 37.3 Å². The van der Waals surface area contributed by atoms with Gasteiger partial charge in [-0.15, -0.1) is 0 Å². The molecule has 4 aromatic rings. The maximum atomic E-state index is 13.1. The number of carboxylic acids is 1. The summed E-state index contributed by atoms with van der Waals surface area (Å²) < 4.78 is 0. The van der Waals surface area contributed by atoms with Crippen LogP contribution in [0.4, 0.5) is 5.69 Å². The lowest BCUT2D eigenvalue weighted by Gasteiger charge is -2.17. The first-order chi connectivity index (χ1) is 15.9. The molecule has 4 rings (SSSR count). The van der Waals surface area contributed by atoms with Gasteiger partial charge in [0.25, 0.3) is 0 Å². The van der Waals surface area contributed by atoms with E-state index in [4.69, 9.17) is 17.3 Å². The van der Waals surface area contributed by atoms with Gasteiger partial charge < -0.3 is 16.2 Å². The quantitative estimate of drug-likeness (QED) is 0.309. The first kappa shape index (κ1) is 22.5. The summed E-state index contributed by atoms with van der Waals surface area (Å²) in [7, 11) is 0. The summed E-state index contributed by atoms with van der Waals surface area (Å²) in [5.41, 5.74) is 10.3. The molecule has 33 heavy (non-hydrogen) atoms. The molecule has 168 valence electrons. The fourth-order valence-corrected chi connectivity index (χ4v) is 3.97. The average Bonchev–Trinajstić information content (AvgIpc) is 3.22. The van der Waals surface area contributed by atoms with Crippen molar-refractivity contribution in [2.45, 2.75) is 19.3 Å². The highest BCUT2D eigenvalue weighted by Gasteiger charge is 2.21. The number of carbonyl (C=O) groups excluding carboxylic acids is 1. The van der Waals surface area contributed by atoms with Gasteiger partial charge in [0.05, 0.1) is 22.7 Å². The van der Waals surface area contributed by atoms with Crippen molar-refractivity contribution in [3.05, 3.63) is 82.4 Å². The lowest BCUT2D eigenvalue weighted by Crippen LogP contribution is -2.23. The number of hydrogen-bond acceptors (Lipinski definition) is 4. The van der Waals surface area contributed by atoms with E-state index in [1.54, 1.807) is 24.3 Å². The second kappa shape index (κ2) is 9.44. The zero-order chi connectivity index (χ0) is 23.5. The minimum atomic E-state index is -1.01. The molecule has 0 bridgehead atoms. The fourth-order valence-electron chi connectivity index (χ4n) is 3.78. The van der Waals surface area contributed by atoms with Gasteiger partial charge in [-0.3, -0.25) is 9.89 Å². The maximum absolute atomic E-state index is 13.1. The fraction of sp³-hybridized carbons (Fsp3) is 0.160. The molecule has 5 N–H and O–H groups in total. The number of aromatic amines is 1. The summed E-state index contributed by atoms with van der Waals surface area (Å²) in [6.07, 6.45) is 0.479. The number of nitrogens with two attached hydrogens (primary N) is 1. The minimum Gasteiger partial charge on any atom is -0.478 e. The van der Waals surface area contributed by atoms with Gasteiger partial charge in [-0.1, -0.05) is 35.9 Å². The topological polar surface area (TPSA) is 121 Å². The number of anilines is 1. The summed E-state index contributed by atoms with van der Waals surface area (Å²) in [6, 6.07) is 17.6. The van der Waals surface area contributed by atoms with Crippen molar-refractivity contribution in [2.24, 2.45) is 5.73 Å². The van der Waals surface area contributed by atoms with Crippen molar-refractivity contribution in [3.63, 3.8) is 0 Å². The molecule has 1 atom stereocenters. The van der Waals surface area contributed by atoms with Gasteiger partial charge in [0.2, 0.25) is 5.91 Å². The summed E-state index contributed by atoms with van der Waals surface area (Å²) in [4.78, 5) is 24.5. The Morgan fingerprint density at radius 3 is 2.70 bits per heavy atom. The zero-order valence-electron chi connectivity index (χ0n) is 17.9. The Bertz CT molecular complexity index is 1350. The Balaban J connectivity index is 1.65. The lowest BCUT2D eigenvalue weighted by atomic mass is 9.94. The molecule has 0 aliphatic rings. The number of aryl methyl sites for hydroxylation is 1. The molecule has 3 aromatic carbocycles. The van der Waals surface area contributed by atoms with Crippen LogP contribution in [0.25, 0.3) is 22.2 Å². The van der Waals surface area contributed by atoms with Crippen LogP contribution < -0.4 is 11.1 Å². The van der Waals surface area contributed by atoms with Gasteiger partial charge in [0.15, 0.2) is 0 Å². The number of carboxylic acid groups (broad SMARTS) is 1. The number of aromatic nitrogens is 2. The highest BCUT2D eigenvalue weighted by atomic mass is 35.5. The SMILES string of the molecule is Cc1ccc(C(CCN)C(=O)Nc2ccc3[nH]nc(-c4cccc(C(=O)O)c4)c3c2)cc1Cl. The van der Waals surface area contributed by atoms with E-state index < -0.39 is 11.9 Å². The Labute approximate surface area is 195 Å². The second-order valence-electron chi connectivity index (χ2n) is 7.85. The molecule has 0 saturated heterocycles. The largest absolute Gasteiger partial charge is 0.478 e. The molecule has 0 radical (unpaired) electrons. The Hall–Kier alpha value is -3.68. The Morgan fingerprint density at radius 1 is 1.15 bits per heavy atom. The number of benzene rings is 3. The molecule has 0 spiro atoms. The molecule has 1 aromatic heterocycles. The third kappa shape index (κ3) is 4.74. The summed E-state index contributed by atoms with van der Waals surface area (Å²) in [5.74, 6) is -1.63. The predicted octanol–water partition coefficient (Wildman–Crippen LogP) is 4.96. The molecule has 1 unspecified atom stereocenters. The normalized spacial score (nSPS) is 12.0.